The summed E-state index contributed by atoms with van der Waals surface area (Å²) in [6.07, 6.45) is 0.135. The predicted molar refractivity (Wildman–Crippen MR) is 98.7 cm³/mol. The fraction of sp³-hybridized carbons (Fsp3) is 0.238. The summed E-state index contributed by atoms with van der Waals surface area (Å²) in [5.74, 6) is -0.637. The van der Waals surface area contributed by atoms with Crippen LogP contribution in [0.1, 0.15) is 23.5 Å². The number of ether oxygens (including phenoxy) is 2. The van der Waals surface area contributed by atoms with Gasteiger partial charge >= 0.3 is 5.97 Å². The molecule has 2 aliphatic rings. The van der Waals surface area contributed by atoms with Gasteiger partial charge in [0.15, 0.2) is 11.5 Å². The van der Waals surface area contributed by atoms with Crippen LogP contribution in [0.5, 0.6) is 11.5 Å². The number of hydrogen-bond donors (Lipinski definition) is 1. The Labute approximate surface area is 156 Å². The zero-order chi connectivity index (χ0) is 19.1. The van der Waals surface area contributed by atoms with E-state index < -0.39 is 11.9 Å². The molecule has 4 rings (SSSR count). The van der Waals surface area contributed by atoms with Gasteiger partial charge in [-0.3, -0.25) is 9.69 Å². The highest BCUT2D eigenvalue weighted by atomic mass is 16.5. The lowest BCUT2D eigenvalue weighted by atomic mass is 9.84. The molecular formula is C21H19NO5. The van der Waals surface area contributed by atoms with Crippen LogP contribution in [-0.2, 0) is 14.3 Å². The van der Waals surface area contributed by atoms with Crippen molar-refractivity contribution in [3.05, 3.63) is 64.9 Å². The Kier molecular flexibility index (Phi) is 4.11. The number of anilines is 1. The molecule has 0 radical (unpaired) electrons. The average Bonchev–Trinajstić information content (AvgIpc) is 3.03. The summed E-state index contributed by atoms with van der Waals surface area (Å²) in [7, 11) is 1.46. The van der Waals surface area contributed by atoms with Gasteiger partial charge in [-0.05, 0) is 42.3 Å². The van der Waals surface area contributed by atoms with Crippen LogP contribution < -0.4 is 9.64 Å². The molecule has 2 aliphatic heterocycles. The molecule has 138 valence electrons. The summed E-state index contributed by atoms with van der Waals surface area (Å²) in [6.45, 7) is 2.02. The van der Waals surface area contributed by atoms with Crippen molar-refractivity contribution in [2.24, 2.45) is 0 Å². The van der Waals surface area contributed by atoms with E-state index in [2.05, 4.69) is 0 Å². The van der Waals surface area contributed by atoms with E-state index in [-0.39, 0.29) is 24.7 Å². The summed E-state index contributed by atoms with van der Waals surface area (Å²) in [6, 6.07) is 12.5. The number of carbonyl (C=O) groups is 2. The van der Waals surface area contributed by atoms with E-state index in [0.717, 1.165) is 16.8 Å². The van der Waals surface area contributed by atoms with E-state index in [1.165, 1.54) is 13.2 Å². The molecule has 27 heavy (non-hydrogen) atoms. The second kappa shape index (κ2) is 6.46. The number of methoxy groups -OCH3 is 1. The number of aromatic hydroxyl groups is 1. The predicted octanol–water partition coefficient (Wildman–Crippen LogP) is 3.04. The van der Waals surface area contributed by atoms with Crippen LogP contribution in [0.15, 0.2) is 53.7 Å². The molecule has 6 nitrogen and oxygen atoms in total. The van der Waals surface area contributed by atoms with Crippen LogP contribution in [0.4, 0.5) is 5.69 Å². The highest BCUT2D eigenvalue weighted by molar-refractivity contribution is 6.06. The molecule has 6 heteroatoms. The Morgan fingerprint density at radius 1 is 1.19 bits per heavy atom. The molecule has 2 aromatic carbocycles. The SMILES string of the molecule is COc1cc([C@@H]2CC(=O)N(c3cccc(C)c3)C3=C2C(=O)OC3)ccc1O. The number of carbonyl (C=O) groups excluding carboxylic acids is 2. The van der Waals surface area contributed by atoms with Gasteiger partial charge in [0.25, 0.3) is 0 Å². The van der Waals surface area contributed by atoms with E-state index in [1.807, 2.05) is 31.2 Å². The van der Waals surface area contributed by atoms with Crippen molar-refractivity contribution in [1.29, 1.82) is 0 Å². The van der Waals surface area contributed by atoms with Gasteiger partial charge in [-0.15, -0.1) is 0 Å². The number of rotatable bonds is 3. The molecule has 2 aromatic rings. The van der Waals surface area contributed by atoms with Gasteiger partial charge in [-0.2, -0.15) is 0 Å². The Bertz CT molecular complexity index is 978. The zero-order valence-electron chi connectivity index (χ0n) is 15.1. The second-order valence-electron chi connectivity index (χ2n) is 6.69. The monoisotopic (exact) mass is 365 g/mol. The molecule has 0 fully saturated rings. The maximum absolute atomic E-state index is 13.0. The topological polar surface area (TPSA) is 76.1 Å². The van der Waals surface area contributed by atoms with Crippen LogP contribution in [0, 0.1) is 6.92 Å². The minimum atomic E-state index is -0.432. The Balaban J connectivity index is 1.83. The number of phenols is 1. The molecule has 0 unspecified atom stereocenters. The first kappa shape index (κ1) is 17.1. The number of nitrogens with zero attached hydrogens (tertiary/aromatic N) is 1. The molecule has 0 spiro atoms. The van der Waals surface area contributed by atoms with Crippen molar-refractivity contribution in [3.8, 4) is 11.5 Å². The minimum Gasteiger partial charge on any atom is -0.504 e. The van der Waals surface area contributed by atoms with Crippen LogP contribution in [0.25, 0.3) is 0 Å². The first-order valence-electron chi connectivity index (χ1n) is 8.66. The third-order valence-corrected chi connectivity index (χ3v) is 4.98. The Morgan fingerprint density at radius 3 is 2.74 bits per heavy atom. The first-order chi connectivity index (χ1) is 13.0. The minimum absolute atomic E-state index is 0.00738. The van der Waals surface area contributed by atoms with Crippen LogP contribution in [0.2, 0.25) is 0 Å². The molecule has 0 saturated carbocycles. The molecule has 0 bridgehead atoms. The van der Waals surface area contributed by atoms with E-state index in [4.69, 9.17) is 9.47 Å². The molecule has 2 heterocycles. The normalized spacial score (nSPS) is 19.2. The lowest BCUT2D eigenvalue weighted by Crippen LogP contribution is -2.37. The van der Waals surface area contributed by atoms with Crippen LogP contribution >= 0.6 is 0 Å². The van der Waals surface area contributed by atoms with E-state index in [1.54, 1.807) is 17.0 Å². The number of phenolic OH excluding ortho intramolecular Hbond substituents is 1. The molecule has 1 N–H and O–H groups in total. The summed E-state index contributed by atoms with van der Waals surface area (Å²) >= 11 is 0. The number of benzene rings is 2. The quantitative estimate of drug-likeness (QED) is 0.846. The van der Waals surface area contributed by atoms with Gasteiger partial charge in [0, 0.05) is 18.0 Å². The second-order valence-corrected chi connectivity index (χ2v) is 6.69. The van der Waals surface area contributed by atoms with Crippen molar-refractivity contribution in [2.45, 2.75) is 19.3 Å². The fourth-order valence-corrected chi connectivity index (χ4v) is 3.72. The summed E-state index contributed by atoms with van der Waals surface area (Å²) < 4.78 is 10.4. The van der Waals surface area contributed by atoms with Gasteiger partial charge in [0.1, 0.15) is 6.61 Å². The number of hydrogen-bond acceptors (Lipinski definition) is 5. The van der Waals surface area contributed by atoms with Crippen molar-refractivity contribution < 1.29 is 24.2 Å². The average molecular weight is 365 g/mol. The van der Waals surface area contributed by atoms with Crippen molar-refractivity contribution in [1.82, 2.24) is 0 Å². The summed E-state index contributed by atoms with van der Waals surface area (Å²) in [5.41, 5.74) is 3.56. The number of amides is 1. The molecule has 0 aromatic heterocycles. The van der Waals surface area contributed by atoms with Crippen molar-refractivity contribution in [2.75, 3.05) is 18.6 Å². The molecule has 0 aliphatic carbocycles. The maximum Gasteiger partial charge on any atom is 0.336 e. The van der Waals surface area contributed by atoms with Crippen LogP contribution in [-0.4, -0.2) is 30.7 Å². The highest BCUT2D eigenvalue weighted by Crippen LogP contribution is 2.43. The summed E-state index contributed by atoms with van der Waals surface area (Å²) in [5, 5.41) is 9.84. The number of esters is 1. The summed E-state index contributed by atoms with van der Waals surface area (Å²) in [4.78, 5) is 27.1. The van der Waals surface area contributed by atoms with Gasteiger partial charge in [0.2, 0.25) is 5.91 Å². The van der Waals surface area contributed by atoms with Gasteiger partial charge in [-0.25, -0.2) is 4.79 Å². The Morgan fingerprint density at radius 2 is 2.00 bits per heavy atom. The molecule has 0 saturated heterocycles. The maximum atomic E-state index is 13.0. The van der Waals surface area contributed by atoms with Gasteiger partial charge < -0.3 is 14.6 Å². The smallest absolute Gasteiger partial charge is 0.336 e. The van der Waals surface area contributed by atoms with Crippen LogP contribution in [0.3, 0.4) is 0 Å². The Hall–Kier alpha value is -3.28. The number of cyclic esters (lactones) is 1. The first-order valence-corrected chi connectivity index (χ1v) is 8.66. The fourth-order valence-electron chi connectivity index (χ4n) is 3.72. The third kappa shape index (κ3) is 2.83. The van der Waals surface area contributed by atoms with E-state index in [0.29, 0.717) is 17.0 Å². The highest BCUT2D eigenvalue weighted by Gasteiger charge is 2.43. The molecular weight excluding hydrogens is 346 g/mol. The van der Waals surface area contributed by atoms with E-state index in [9.17, 15) is 14.7 Å². The lowest BCUT2D eigenvalue weighted by Gasteiger charge is -2.32. The largest absolute Gasteiger partial charge is 0.504 e. The molecule has 1 amide bonds. The lowest BCUT2D eigenvalue weighted by molar-refractivity contribution is -0.136. The number of aryl methyl sites for hydroxylation is 1. The standard InChI is InChI=1S/C21H19NO5/c1-12-4-3-5-14(8-12)22-16-11-27-21(25)20(16)15(10-19(22)24)13-6-7-17(23)18(9-13)26-2/h3-9,15,23H,10-11H2,1-2H3/t15-/m0/s1. The van der Waals surface area contributed by atoms with Gasteiger partial charge in [-0.1, -0.05) is 18.2 Å². The third-order valence-electron chi connectivity index (χ3n) is 4.98. The van der Waals surface area contributed by atoms with Gasteiger partial charge in [0.05, 0.1) is 18.4 Å². The molecule has 1 atom stereocenters. The zero-order valence-corrected chi connectivity index (χ0v) is 15.1. The van der Waals surface area contributed by atoms with Crippen molar-refractivity contribution in [3.63, 3.8) is 0 Å². The van der Waals surface area contributed by atoms with E-state index >= 15 is 0 Å². The van der Waals surface area contributed by atoms with Crippen molar-refractivity contribution >= 4 is 17.6 Å².